The molecule has 7 nitrogen and oxygen atoms in total. The fourth-order valence-corrected chi connectivity index (χ4v) is 5.80. The predicted molar refractivity (Wildman–Crippen MR) is 130 cm³/mol. The summed E-state index contributed by atoms with van der Waals surface area (Å²) in [5.41, 5.74) is 2.58. The molecule has 1 saturated heterocycles. The second kappa shape index (κ2) is 8.68. The molecule has 0 radical (unpaired) electrons. The monoisotopic (exact) mass is 464 g/mol. The van der Waals surface area contributed by atoms with Gasteiger partial charge >= 0.3 is 0 Å². The van der Waals surface area contributed by atoms with Gasteiger partial charge in [-0.25, -0.2) is 4.98 Å². The first kappa shape index (κ1) is 20.6. The Labute approximate surface area is 192 Å². The van der Waals surface area contributed by atoms with E-state index in [9.17, 15) is 14.9 Å². The number of fused-ring (bicyclic) bond motifs is 1. The molecule has 1 aliphatic heterocycles. The molecule has 0 spiro atoms. The molecule has 0 bridgehead atoms. The summed E-state index contributed by atoms with van der Waals surface area (Å²) in [4.78, 5) is 31.0. The van der Waals surface area contributed by atoms with Gasteiger partial charge in [-0.2, -0.15) is 0 Å². The highest BCUT2D eigenvalue weighted by molar-refractivity contribution is 7.22. The second-order valence-electron chi connectivity index (χ2n) is 7.61. The second-order valence-corrected chi connectivity index (χ2v) is 9.56. The summed E-state index contributed by atoms with van der Waals surface area (Å²) in [6, 6.07) is 14.6. The number of piperidine rings is 1. The lowest BCUT2D eigenvalue weighted by Gasteiger charge is -2.28. The number of benzene rings is 2. The summed E-state index contributed by atoms with van der Waals surface area (Å²) >= 11 is 2.97. The van der Waals surface area contributed by atoms with Crippen molar-refractivity contribution < 1.29 is 9.72 Å². The SMILES string of the molecule is O=C(Nc1sccc1-c1nc2ccccc2s1)c1ccc(N2CCCCC2)c([N+](=O)[O-])c1. The number of nitro benzene ring substituents is 1. The van der Waals surface area contributed by atoms with Gasteiger partial charge in [-0.15, -0.1) is 22.7 Å². The molecule has 162 valence electrons. The van der Waals surface area contributed by atoms with E-state index in [0.717, 1.165) is 53.1 Å². The van der Waals surface area contributed by atoms with Crippen LogP contribution in [0.15, 0.2) is 53.9 Å². The summed E-state index contributed by atoms with van der Waals surface area (Å²) in [5, 5.41) is 18.1. The average molecular weight is 465 g/mol. The van der Waals surface area contributed by atoms with E-state index in [1.807, 2.05) is 40.6 Å². The van der Waals surface area contributed by atoms with Crippen LogP contribution in [0.1, 0.15) is 29.6 Å². The molecule has 32 heavy (non-hydrogen) atoms. The van der Waals surface area contributed by atoms with Crippen LogP contribution in [-0.2, 0) is 0 Å². The van der Waals surface area contributed by atoms with Crippen LogP contribution in [-0.4, -0.2) is 28.9 Å². The molecule has 0 unspecified atom stereocenters. The van der Waals surface area contributed by atoms with Crippen LogP contribution >= 0.6 is 22.7 Å². The Morgan fingerprint density at radius 3 is 2.69 bits per heavy atom. The van der Waals surface area contributed by atoms with Crippen molar-refractivity contribution in [2.24, 2.45) is 0 Å². The average Bonchev–Trinajstić information content (AvgIpc) is 3.45. The number of nitrogens with zero attached hydrogens (tertiary/aromatic N) is 3. The van der Waals surface area contributed by atoms with Crippen molar-refractivity contribution in [3.05, 3.63) is 69.6 Å². The summed E-state index contributed by atoms with van der Waals surface area (Å²) in [6.45, 7) is 1.60. The Bertz CT molecular complexity index is 1270. The van der Waals surface area contributed by atoms with Crippen LogP contribution < -0.4 is 10.2 Å². The molecule has 9 heteroatoms. The number of para-hydroxylation sites is 1. The van der Waals surface area contributed by atoms with Gasteiger partial charge in [0, 0.05) is 30.3 Å². The van der Waals surface area contributed by atoms with Crippen LogP contribution in [0.5, 0.6) is 0 Å². The van der Waals surface area contributed by atoms with Gasteiger partial charge in [0.05, 0.1) is 15.1 Å². The Kier molecular flexibility index (Phi) is 5.59. The molecule has 2 aromatic heterocycles. The lowest BCUT2D eigenvalue weighted by atomic mass is 10.1. The molecule has 2 aromatic carbocycles. The van der Waals surface area contributed by atoms with E-state index in [-0.39, 0.29) is 17.2 Å². The number of hydrogen-bond acceptors (Lipinski definition) is 7. The van der Waals surface area contributed by atoms with Gasteiger partial charge in [0.1, 0.15) is 15.7 Å². The Hall–Kier alpha value is -3.30. The number of amides is 1. The maximum absolute atomic E-state index is 13.0. The van der Waals surface area contributed by atoms with Crippen LogP contribution in [0.4, 0.5) is 16.4 Å². The van der Waals surface area contributed by atoms with Gasteiger partial charge in [-0.05, 0) is 55.0 Å². The third-order valence-electron chi connectivity index (χ3n) is 5.55. The molecule has 1 aliphatic rings. The number of anilines is 2. The highest BCUT2D eigenvalue weighted by Crippen LogP contribution is 2.38. The standard InChI is InChI=1S/C23H20N4O3S2/c28-21(15-8-9-18(19(14-15)27(29)30)26-11-4-1-5-12-26)25-22-16(10-13-31-22)23-24-17-6-2-3-7-20(17)32-23/h2-3,6-10,13-14H,1,4-5,11-12H2,(H,25,28). The molecular formula is C23H20N4O3S2. The topological polar surface area (TPSA) is 88.4 Å². The molecule has 1 fully saturated rings. The number of hydrogen-bond donors (Lipinski definition) is 1. The quantitative estimate of drug-likeness (QED) is 0.282. The molecule has 1 N–H and O–H groups in total. The minimum atomic E-state index is -0.404. The van der Waals surface area contributed by atoms with Crippen molar-refractivity contribution in [2.75, 3.05) is 23.3 Å². The van der Waals surface area contributed by atoms with Crippen molar-refractivity contribution in [3.8, 4) is 10.6 Å². The molecule has 4 aromatic rings. The molecule has 3 heterocycles. The van der Waals surface area contributed by atoms with Crippen molar-refractivity contribution in [3.63, 3.8) is 0 Å². The van der Waals surface area contributed by atoms with E-state index in [4.69, 9.17) is 0 Å². The lowest BCUT2D eigenvalue weighted by molar-refractivity contribution is -0.384. The number of thiophene rings is 1. The van der Waals surface area contributed by atoms with E-state index in [0.29, 0.717) is 10.7 Å². The van der Waals surface area contributed by atoms with Gasteiger partial charge in [0.15, 0.2) is 0 Å². The largest absolute Gasteiger partial charge is 0.366 e. The summed E-state index contributed by atoms with van der Waals surface area (Å²) in [6.07, 6.45) is 3.18. The van der Waals surface area contributed by atoms with Crippen molar-refractivity contribution >= 4 is 55.2 Å². The number of thiazole rings is 1. The van der Waals surface area contributed by atoms with E-state index >= 15 is 0 Å². The fraction of sp³-hybridized carbons (Fsp3) is 0.217. The third-order valence-corrected chi connectivity index (χ3v) is 7.45. The van der Waals surface area contributed by atoms with Gasteiger partial charge in [-0.3, -0.25) is 14.9 Å². The number of carbonyl (C=O) groups excluding carboxylic acids is 1. The summed E-state index contributed by atoms with van der Waals surface area (Å²) in [7, 11) is 0. The smallest absolute Gasteiger partial charge is 0.293 e. The number of nitrogens with one attached hydrogen (secondary N) is 1. The molecule has 5 rings (SSSR count). The predicted octanol–water partition coefficient (Wildman–Crippen LogP) is 6.18. The molecule has 1 amide bonds. The lowest BCUT2D eigenvalue weighted by Crippen LogP contribution is -2.30. The zero-order chi connectivity index (χ0) is 22.1. The van der Waals surface area contributed by atoms with E-state index < -0.39 is 4.92 Å². The van der Waals surface area contributed by atoms with Gasteiger partial charge in [0.25, 0.3) is 11.6 Å². The zero-order valence-electron chi connectivity index (χ0n) is 17.1. The van der Waals surface area contributed by atoms with Gasteiger partial charge < -0.3 is 10.2 Å². The molecular weight excluding hydrogens is 444 g/mol. The Balaban J connectivity index is 1.41. The first-order chi connectivity index (χ1) is 15.6. The first-order valence-corrected chi connectivity index (χ1v) is 12.1. The fourth-order valence-electron chi connectivity index (χ4n) is 3.95. The van der Waals surface area contributed by atoms with E-state index in [2.05, 4.69) is 10.3 Å². The van der Waals surface area contributed by atoms with E-state index in [1.165, 1.54) is 17.4 Å². The molecule has 0 aliphatic carbocycles. The maximum atomic E-state index is 13.0. The number of aromatic nitrogens is 1. The van der Waals surface area contributed by atoms with Crippen LogP contribution in [0, 0.1) is 10.1 Å². The van der Waals surface area contributed by atoms with Crippen LogP contribution in [0.2, 0.25) is 0 Å². The maximum Gasteiger partial charge on any atom is 0.293 e. The van der Waals surface area contributed by atoms with Gasteiger partial charge in [0.2, 0.25) is 0 Å². The van der Waals surface area contributed by atoms with Crippen LogP contribution in [0.25, 0.3) is 20.8 Å². The highest BCUT2D eigenvalue weighted by Gasteiger charge is 2.24. The zero-order valence-corrected chi connectivity index (χ0v) is 18.7. The van der Waals surface area contributed by atoms with Gasteiger partial charge in [-0.1, -0.05) is 12.1 Å². The minimum Gasteiger partial charge on any atom is -0.366 e. The third kappa shape index (κ3) is 3.96. The van der Waals surface area contributed by atoms with Crippen molar-refractivity contribution in [1.29, 1.82) is 0 Å². The normalized spacial score (nSPS) is 13.9. The van der Waals surface area contributed by atoms with E-state index in [1.54, 1.807) is 23.5 Å². The first-order valence-electron chi connectivity index (χ1n) is 10.4. The highest BCUT2D eigenvalue weighted by atomic mass is 32.1. The number of rotatable bonds is 5. The minimum absolute atomic E-state index is 0.0304. The summed E-state index contributed by atoms with van der Waals surface area (Å²) in [5.74, 6) is -0.372. The van der Waals surface area contributed by atoms with Crippen molar-refractivity contribution in [2.45, 2.75) is 19.3 Å². The molecule has 0 atom stereocenters. The Morgan fingerprint density at radius 1 is 1.09 bits per heavy atom. The molecule has 0 saturated carbocycles. The van der Waals surface area contributed by atoms with Crippen molar-refractivity contribution in [1.82, 2.24) is 4.98 Å². The Morgan fingerprint density at radius 2 is 1.91 bits per heavy atom. The number of nitro groups is 1. The van der Waals surface area contributed by atoms with Crippen LogP contribution in [0.3, 0.4) is 0 Å². The number of carbonyl (C=O) groups is 1. The summed E-state index contributed by atoms with van der Waals surface area (Å²) < 4.78 is 1.08.